The Morgan fingerprint density at radius 3 is 2.59 bits per heavy atom. The van der Waals surface area contributed by atoms with E-state index in [4.69, 9.17) is 4.74 Å². The fourth-order valence-corrected chi connectivity index (χ4v) is 1.71. The molecule has 0 fully saturated rings. The van der Waals surface area contributed by atoms with Crippen molar-refractivity contribution < 1.29 is 4.74 Å². The smallest absolute Gasteiger partial charge is 0.122 e. The molecule has 3 heteroatoms. The first-order valence-corrected chi connectivity index (χ1v) is 6.28. The highest BCUT2D eigenvalue weighted by Gasteiger charge is 2.03. The number of halogens is 1. The van der Waals surface area contributed by atoms with E-state index in [1.54, 1.807) is 7.11 Å². The van der Waals surface area contributed by atoms with Gasteiger partial charge in [-0.15, -0.1) is 0 Å². The first-order chi connectivity index (χ1) is 7.90. The summed E-state index contributed by atoms with van der Waals surface area (Å²) in [5, 5.41) is 3.25. The minimum atomic E-state index is 0.0522. The molecule has 0 aliphatic carbocycles. The van der Waals surface area contributed by atoms with E-state index in [2.05, 4.69) is 53.9 Å². The van der Waals surface area contributed by atoms with Crippen molar-refractivity contribution in [2.24, 2.45) is 5.41 Å². The maximum atomic E-state index is 5.19. The number of rotatable bonds is 3. The Labute approximate surface area is 112 Å². The number of anilines is 1. The molecule has 92 valence electrons. The molecule has 0 unspecified atom stereocenters. The maximum Gasteiger partial charge on any atom is 0.122 e. The van der Waals surface area contributed by atoms with Crippen LogP contribution in [0, 0.1) is 17.3 Å². The third-order valence-electron chi connectivity index (χ3n) is 1.95. The van der Waals surface area contributed by atoms with Crippen LogP contribution in [-0.4, -0.2) is 13.7 Å². The first-order valence-electron chi connectivity index (χ1n) is 5.49. The van der Waals surface area contributed by atoms with Gasteiger partial charge in [-0.2, -0.15) is 0 Å². The lowest BCUT2D eigenvalue weighted by atomic mass is 9.98. The van der Waals surface area contributed by atoms with Crippen LogP contribution < -0.4 is 10.1 Å². The molecule has 0 heterocycles. The molecule has 1 aromatic rings. The molecule has 1 rings (SSSR count). The van der Waals surface area contributed by atoms with E-state index in [1.165, 1.54) is 0 Å². The van der Waals surface area contributed by atoms with Gasteiger partial charge in [0, 0.05) is 21.6 Å². The van der Waals surface area contributed by atoms with Gasteiger partial charge < -0.3 is 10.1 Å². The van der Waals surface area contributed by atoms with Crippen LogP contribution in [0.2, 0.25) is 0 Å². The first kappa shape index (κ1) is 13.9. The van der Waals surface area contributed by atoms with Gasteiger partial charge in [0.05, 0.1) is 13.7 Å². The van der Waals surface area contributed by atoms with Crippen molar-refractivity contribution in [2.45, 2.75) is 20.8 Å². The minimum absolute atomic E-state index is 0.0522. The van der Waals surface area contributed by atoms with Gasteiger partial charge in [-0.25, -0.2) is 0 Å². The maximum absolute atomic E-state index is 5.19. The normalized spacial score (nSPS) is 10.4. The van der Waals surface area contributed by atoms with Crippen molar-refractivity contribution in [2.75, 3.05) is 19.0 Å². The number of hydrogen-bond donors (Lipinski definition) is 1. The van der Waals surface area contributed by atoms with Crippen LogP contribution >= 0.6 is 15.9 Å². The third-order valence-corrected chi connectivity index (χ3v) is 2.41. The van der Waals surface area contributed by atoms with Gasteiger partial charge in [0.2, 0.25) is 0 Å². The zero-order chi connectivity index (χ0) is 12.9. The highest BCUT2D eigenvalue weighted by atomic mass is 79.9. The summed E-state index contributed by atoms with van der Waals surface area (Å²) in [5.41, 5.74) is 1.05. The molecule has 1 aromatic carbocycles. The number of ether oxygens (including phenoxy) is 1. The number of methoxy groups -OCH3 is 1. The largest absolute Gasteiger partial charge is 0.497 e. The Morgan fingerprint density at radius 2 is 2.00 bits per heavy atom. The number of hydrogen-bond acceptors (Lipinski definition) is 2. The average molecular weight is 296 g/mol. The molecule has 1 N–H and O–H groups in total. The van der Waals surface area contributed by atoms with Crippen molar-refractivity contribution in [1.29, 1.82) is 0 Å². The van der Waals surface area contributed by atoms with Crippen molar-refractivity contribution in [1.82, 2.24) is 0 Å². The SMILES string of the molecule is COc1cc(Br)cc(NCC#CC(C)(C)C)c1. The zero-order valence-electron chi connectivity index (χ0n) is 10.7. The Kier molecular flexibility index (Phi) is 4.89. The van der Waals surface area contributed by atoms with Crippen molar-refractivity contribution >= 4 is 21.6 Å². The van der Waals surface area contributed by atoms with Crippen LogP contribution in [0.25, 0.3) is 0 Å². The Balaban J connectivity index is 2.63. The molecule has 0 amide bonds. The quantitative estimate of drug-likeness (QED) is 0.854. The second-order valence-electron chi connectivity index (χ2n) is 4.79. The van der Waals surface area contributed by atoms with E-state index in [0.29, 0.717) is 6.54 Å². The van der Waals surface area contributed by atoms with Gasteiger partial charge in [0.15, 0.2) is 0 Å². The van der Waals surface area contributed by atoms with Crippen molar-refractivity contribution in [3.63, 3.8) is 0 Å². The highest BCUT2D eigenvalue weighted by molar-refractivity contribution is 9.10. The fraction of sp³-hybridized carbons (Fsp3) is 0.429. The van der Waals surface area contributed by atoms with Crippen LogP contribution in [0.5, 0.6) is 5.75 Å². The minimum Gasteiger partial charge on any atom is -0.497 e. The third kappa shape index (κ3) is 5.65. The molecule has 0 spiro atoms. The Bertz CT molecular complexity index is 438. The summed E-state index contributed by atoms with van der Waals surface area (Å²) in [6, 6.07) is 5.87. The summed E-state index contributed by atoms with van der Waals surface area (Å²) in [7, 11) is 1.66. The van der Waals surface area contributed by atoms with E-state index in [-0.39, 0.29) is 5.41 Å². The van der Waals surface area contributed by atoms with Gasteiger partial charge in [0.25, 0.3) is 0 Å². The molecule has 0 saturated heterocycles. The molecule has 0 radical (unpaired) electrons. The summed E-state index contributed by atoms with van der Waals surface area (Å²) in [5.74, 6) is 7.12. The molecule has 0 saturated carbocycles. The summed E-state index contributed by atoms with van der Waals surface area (Å²) in [6.45, 7) is 6.93. The predicted molar refractivity (Wildman–Crippen MR) is 76.4 cm³/mol. The van der Waals surface area contributed by atoms with Crippen LogP contribution in [0.1, 0.15) is 20.8 Å². The zero-order valence-corrected chi connectivity index (χ0v) is 12.3. The van der Waals surface area contributed by atoms with Crippen LogP contribution in [-0.2, 0) is 0 Å². The van der Waals surface area contributed by atoms with Gasteiger partial charge in [-0.3, -0.25) is 0 Å². The standard InChI is InChI=1S/C14H18BrNO/c1-14(2,3)6-5-7-16-12-8-11(15)9-13(10-12)17-4/h8-10,16H,7H2,1-4H3. The van der Waals surface area contributed by atoms with Crippen LogP contribution in [0.4, 0.5) is 5.69 Å². The Hall–Kier alpha value is -1.14. The predicted octanol–water partition coefficient (Wildman–Crippen LogP) is 3.92. The van der Waals surface area contributed by atoms with Gasteiger partial charge >= 0.3 is 0 Å². The lowest BCUT2D eigenvalue weighted by molar-refractivity contribution is 0.414. The highest BCUT2D eigenvalue weighted by Crippen LogP contribution is 2.24. The lowest BCUT2D eigenvalue weighted by Gasteiger charge is -2.08. The van der Waals surface area contributed by atoms with Gasteiger partial charge in [-0.05, 0) is 32.9 Å². The summed E-state index contributed by atoms with van der Waals surface area (Å²) >= 11 is 3.44. The Morgan fingerprint density at radius 1 is 1.29 bits per heavy atom. The van der Waals surface area contributed by atoms with E-state index >= 15 is 0 Å². The molecular weight excluding hydrogens is 278 g/mol. The summed E-state index contributed by atoms with van der Waals surface area (Å²) < 4.78 is 6.18. The van der Waals surface area contributed by atoms with E-state index in [1.807, 2.05) is 18.2 Å². The molecule has 0 aliphatic heterocycles. The topological polar surface area (TPSA) is 21.3 Å². The summed E-state index contributed by atoms with van der Waals surface area (Å²) in [4.78, 5) is 0. The molecule has 0 aromatic heterocycles. The summed E-state index contributed by atoms with van der Waals surface area (Å²) in [6.07, 6.45) is 0. The lowest BCUT2D eigenvalue weighted by Crippen LogP contribution is -2.03. The van der Waals surface area contributed by atoms with Crippen LogP contribution in [0.15, 0.2) is 22.7 Å². The van der Waals surface area contributed by atoms with Crippen LogP contribution in [0.3, 0.4) is 0 Å². The second-order valence-corrected chi connectivity index (χ2v) is 5.70. The molecule has 0 bridgehead atoms. The van der Waals surface area contributed by atoms with Gasteiger partial charge in [-0.1, -0.05) is 27.8 Å². The molecule has 0 aliphatic rings. The monoisotopic (exact) mass is 295 g/mol. The van der Waals surface area contributed by atoms with E-state index < -0.39 is 0 Å². The van der Waals surface area contributed by atoms with E-state index in [9.17, 15) is 0 Å². The second kappa shape index (κ2) is 5.97. The molecular formula is C14H18BrNO. The molecule has 17 heavy (non-hydrogen) atoms. The van der Waals surface area contributed by atoms with Crippen molar-refractivity contribution in [3.8, 4) is 17.6 Å². The molecule has 2 nitrogen and oxygen atoms in total. The number of nitrogens with one attached hydrogen (secondary N) is 1. The fourth-order valence-electron chi connectivity index (χ4n) is 1.24. The average Bonchev–Trinajstić information content (AvgIpc) is 2.22. The van der Waals surface area contributed by atoms with Crippen molar-refractivity contribution in [3.05, 3.63) is 22.7 Å². The molecule has 0 atom stereocenters. The van der Waals surface area contributed by atoms with E-state index in [0.717, 1.165) is 15.9 Å². The number of benzene rings is 1. The van der Waals surface area contributed by atoms with Gasteiger partial charge in [0.1, 0.15) is 5.75 Å².